The average molecular weight is 463 g/mol. The second-order valence-corrected chi connectivity index (χ2v) is 8.59. The molecule has 0 aliphatic carbocycles. The molecule has 0 bridgehead atoms. The zero-order valence-corrected chi connectivity index (χ0v) is 19.3. The maximum Gasteiger partial charge on any atom is 0.234 e. The van der Waals surface area contributed by atoms with E-state index in [0.717, 1.165) is 5.56 Å². The Morgan fingerprint density at radius 2 is 1.94 bits per heavy atom. The van der Waals surface area contributed by atoms with Crippen LogP contribution in [0.1, 0.15) is 44.3 Å². The SMILES string of the molecule is Cc1c(Cl)cccc1NC(=O)CSc1nnc(C(C)Oc2ccccc2F)n1C(C)C. The van der Waals surface area contributed by atoms with Crippen molar-refractivity contribution < 1.29 is 13.9 Å². The number of nitrogens with zero attached hydrogens (tertiary/aromatic N) is 3. The summed E-state index contributed by atoms with van der Waals surface area (Å²) in [6.07, 6.45) is -0.524. The summed E-state index contributed by atoms with van der Waals surface area (Å²) in [6, 6.07) is 11.6. The van der Waals surface area contributed by atoms with E-state index >= 15 is 0 Å². The van der Waals surface area contributed by atoms with Gasteiger partial charge in [0, 0.05) is 16.8 Å². The number of hydrogen-bond acceptors (Lipinski definition) is 5. The summed E-state index contributed by atoms with van der Waals surface area (Å²) in [6.45, 7) is 7.62. The topological polar surface area (TPSA) is 69.0 Å². The van der Waals surface area contributed by atoms with Gasteiger partial charge >= 0.3 is 0 Å². The van der Waals surface area contributed by atoms with E-state index in [1.54, 1.807) is 43.3 Å². The van der Waals surface area contributed by atoms with Gasteiger partial charge in [0.2, 0.25) is 5.91 Å². The van der Waals surface area contributed by atoms with Gasteiger partial charge in [-0.1, -0.05) is 41.6 Å². The van der Waals surface area contributed by atoms with Crippen molar-refractivity contribution in [3.05, 3.63) is 64.7 Å². The number of rotatable bonds is 8. The lowest BCUT2D eigenvalue weighted by atomic mass is 10.2. The summed E-state index contributed by atoms with van der Waals surface area (Å²) in [5.41, 5.74) is 1.49. The molecule has 0 spiro atoms. The van der Waals surface area contributed by atoms with E-state index in [0.29, 0.717) is 21.7 Å². The summed E-state index contributed by atoms with van der Waals surface area (Å²) >= 11 is 7.39. The maximum atomic E-state index is 13.9. The molecule has 1 aromatic heterocycles. The molecule has 164 valence electrons. The van der Waals surface area contributed by atoms with E-state index in [4.69, 9.17) is 16.3 Å². The predicted octanol–water partition coefficient (Wildman–Crippen LogP) is 5.83. The summed E-state index contributed by atoms with van der Waals surface area (Å²) in [5, 5.41) is 12.5. The van der Waals surface area contributed by atoms with Crippen LogP contribution in [0, 0.1) is 12.7 Å². The van der Waals surface area contributed by atoms with E-state index in [2.05, 4.69) is 15.5 Å². The third kappa shape index (κ3) is 5.57. The van der Waals surface area contributed by atoms with Gasteiger partial charge in [-0.25, -0.2) is 4.39 Å². The Bertz CT molecular complexity index is 1070. The Morgan fingerprint density at radius 1 is 1.19 bits per heavy atom. The quantitative estimate of drug-likeness (QED) is 0.426. The second kappa shape index (κ2) is 10.2. The number of carbonyl (C=O) groups is 1. The molecular formula is C22H24ClFN4O2S. The first-order valence-corrected chi connectivity index (χ1v) is 11.2. The minimum absolute atomic E-state index is 0.0254. The van der Waals surface area contributed by atoms with Crippen LogP contribution in [0.3, 0.4) is 0 Å². The van der Waals surface area contributed by atoms with Gasteiger partial charge in [-0.15, -0.1) is 10.2 Å². The highest BCUT2D eigenvalue weighted by Gasteiger charge is 2.23. The molecule has 6 nitrogen and oxygen atoms in total. The molecule has 3 rings (SSSR count). The third-order valence-corrected chi connectivity index (χ3v) is 5.94. The van der Waals surface area contributed by atoms with Crippen LogP contribution >= 0.6 is 23.4 Å². The molecule has 0 saturated heterocycles. The Kier molecular flexibility index (Phi) is 7.56. The molecule has 0 aliphatic heterocycles. The van der Waals surface area contributed by atoms with Crippen LogP contribution in [0.25, 0.3) is 0 Å². The van der Waals surface area contributed by atoms with Gasteiger partial charge in [0.1, 0.15) is 0 Å². The largest absolute Gasteiger partial charge is 0.480 e. The first kappa shape index (κ1) is 23.1. The molecule has 31 heavy (non-hydrogen) atoms. The number of aromatic nitrogens is 3. The number of halogens is 2. The lowest BCUT2D eigenvalue weighted by molar-refractivity contribution is -0.113. The van der Waals surface area contributed by atoms with Crippen LogP contribution in [0.5, 0.6) is 5.75 Å². The molecule has 1 amide bonds. The van der Waals surface area contributed by atoms with Crippen LogP contribution in [0.4, 0.5) is 10.1 Å². The van der Waals surface area contributed by atoms with Gasteiger partial charge < -0.3 is 14.6 Å². The minimum Gasteiger partial charge on any atom is -0.480 e. The van der Waals surface area contributed by atoms with Crippen molar-refractivity contribution in [3.63, 3.8) is 0 Å². The molecule has 0 fully saturated rings. The van der Waals surface area contributed by atoms with E-state index in [-0.39, 0.29) is 23.5 Å². The smallest absolute Gasteiger partial charge is 0.234 e. The predicted molar refractivity (Wildman–Crippen MR) is 121 cm³/mol. The molecule has 1 atom stereocenters. The molecule has 3 aromatic rings. The lowest BCUT2D eigenvalue weighted by Crippen LogP contribution is -2.17. The number of amides is 1. The fourth-order valence-electron chi connectivity index (χ4n) is 2.99. The molecule has 0 radical (unpaired) electrons. The summed E-state index contributed by atoms with van der Waals surface area (Å²) in [4.78, 5) is 12.5. The number of nitrogens with one attached hydrogen (secondary N) is 1. The van der Waals surface area contributed by atoms with Gasteiger partial charge in [0.15, 0.2) is 28.7 Å². The number of ether oxygens (including phenoxy) is 1. The van der Waals surface area contributed by atoms with E-state index in [1.807, 2.05) is 25.3 Å². The summed E-state index contributed by atoms with van der Waals surface area (Å²) in [5.74, 6) is 0.253. The standard InChI is InChI=1S/C22H24ClFN4O2S/c1-13(2)28-21(15(4)30-19-11-6-5-9-17(19)24)26-27-22(28)31-12-20(29)25-18-10-7-8-16(23)14(18)3/h5-11,13,15H,12H2,1-4H3,(H,25,29). The maximum absolute atomic E-state index is 13.9. The van der Waals surface area contributed by atoms with E-state index in [9.17, 15) is 9.18 Å². The molecule has 1 heterocycles. The highest BCUT2D eigenvalue weighted by molar-refractivity contribution is 7.99. The molecule has 2 aromatic carbocycles. The van der Waals surface area contributed by atoms with Crippen molar-refractivity contribution in [3.8, 4) is 5.75 Å². The monoisotopic (exact) mass is 462 g/mol. The normalized spacial score (nSPS) is 12.1. The Labute approximate surface area is 190 Å². The second-order valence-electron chi connectivity index (χ2n) is 7.24. The van der Waals surface area contributed by atoms with E-state index in [1.165, 1.54) is 17.8 Å². The van der Waals surface area contributed by atoms with Crippen LogP contribution in [0.15, 0.2) is 47.6 Å². The molecule has 9 heteroatoms. The van der Waals surface area contributed by atoms with Crippen molar-refractivity contribution >= 4 is 35.0 Å². The van der Waals surface area contributed by atoms with Crippen molar-refractivity contribution in [1.82, 2.24) is 14.8 Å². The van der Waals surface area contributed by atoms with Crippen LogP contribution in [-0.2, 0) is 4.79 Å². The average Bonchev–Trinajstić information content (AvgIpc) is 3.16. The van der Waals surface area contributed by atoms with Crippen molar-refractivity contribution in [2.45, 2.75) is 45.0 Å². The fourth-order valence-corrected chi connectivity index (χ4v) is 4.04. The number of hydrogen-bond donors (Lipinski definition) is 1. The summed E-state index contributed by atoms with van der Waals surface area (Å²) < 4.78 is 21.6. The summed E-state index contributed by atoms with van der Waals surface area (Å²) in [7, 11) is 0. The number of benzene rings is 2. The van der Waals surface area contributed by atoms with Crippen LogP contribution < -0.4 is 10.1 Å². The Morgan fingerprint density at radius 3 is 2.65 bits per heavy atom. The molecule has 1 unspecified atom stereocenters. The number of para-hydroxylation sites is 1. The van der Waals surface area contributed by atoms with Gasteiger partial charge in [0.05, 0.1) is 5.75 Å². The molecule has 1 N–H and O–H groups in total. The lowest BCUT2D eigenvalue weighted by Gasteiger charge is -2.19. The van der Waals surface area contributed by atoms with Crippen LogP contribution in [-0.4, -0.2) is 26.4 Å². The number of thioether (sulfide) groups is 1. The molecule has 0 aliphatic rings. The van der Waals surface area contributed by atoms with Crippen molar-refractivity contribution in [2.24, 2.45) is 0 Å². The minimum atomic E-state index is -0.524. The first-order valence-electron chi connectivity index (χ1n) is 9.81. The highest BCUT2D eigenvalue weighted by atomic mass is 35.5. The highest BCUT2D eigenvalue weighted by Crippen LogP contribution is 2.29. The number of carbonyl (C=O) groups excluding carboxylic acids is 1. The number of anilines is 1. The van der Waals surface area contributed by atoms with E-state index < -0.39 is 11.9 Å². The van der Waals surface area contributed by atoms with Gasteiger partial charge in [-0.3, -0.25) is 4.79 Å². The Balaban J connectivity index is 1.71. The fraction of sp³-hybridized carbons (Fsp3) is 0.318. The van der Waals surface area contributed by atoms with Gasteiger partial charge in [0.25, 0.3) is 0 Å². The van der Waals surface area contributed by atoms with Crippen molar-refractivity contribution in [2.75, 3.05) is 11.1 Å². The molecule has 0 saturated carbocycles. The zero-order chi connectivity index (χ0) is 22.5. The Hall–Kier alpha value is -2.58. The van der Waals surface area contributed by atoms with Crippen molar-refractivity contribution in [1.29, 1.82) is 0 Å². The van der Waals surface area contributed by atoms with Gasteiger partial charge in [-0.2, -0.15) is 0 Å². The first-order chi connectivity index (χ1) is 14.8. The third-order valence-electron chi connectivity index (χ3n) is 4.59. The zero-order valence-electron chi connectivity index (χ0n) is 17.7. The van der Waals surface area contributed by atoms with Crippen LogP contribution in [0.2, 0.25) is 5.02 Å². The molecular weight excluding hydrogens is 439 g/mol. The van der Waals surface area contributed by atoms with Gasteiger partial charge in [-0.05, 0) is 57.5 Å².